The lowest BCUT2D eigenvalue weighted by molar-refractivity contribution is -0.157. The van der Waals surface area contributed by atoms with E-state index in [0.717, 1.165) is 44.8 Å². The first-order chi connectivity index (χ1) is 26.4. The van der Waals surface area contributed by atoms with Crippen LogP contribution in [0.3, 0.4) is 0 Å². The predicted octanol–water partition coefficient (Wildman–Crippen LogP) is 6.66. The third-order valence-corrected chi connectivity index (χ3v) is 9.72. The van der Waals surface area contributed by atoms with Crippen molar-refractivity contribution in [3.05, 3.63) is 106 Å². The molecule has 0 unspecified atom stereocenters. The predicted molar refractivity (Wildman–Crippen MR) is 215 cm³/mol. The van der Waals surface area contributed by atoms with E-state index < -0.39 is 11.2 Å². The number of aromatic nitrogens is 2. The molecule has 6 rings (SSSR count). The van der Waals surface area contributed by atoms with Crippen LogP contribution in [0.4, 0.5) is 11.4 Å². The fourth-order valence-corrected chi connectivity index (χ4v) is 7.08. The summed E-state index contributed by atoms with van der Waals surface area (Å²) in [7, 11) is 0. The number of anilines is 2. The van der Waals surface area contributed by atoms with Crippen LogP contribution in [-0.2, 0) is 45.0 Å². The smallest absolute Gasteiger partial charge is 0.320 e. The van der Waals surface area contributed by atoms with Crippen LogP contribution in [0.1, 0.15) is 96.2 Å². The fraction of sp³-hybridized carbons (Fsp3) is 0.409. The minimum absolute atomic E-state index is 0.204. The van der Waals surface area contributed by atoms with Gasteiger partial charge in [-0.2, -0.15) is 0 Å². The topological polar surface area (TPSA) is 143 Å². The molecule has 56 heavy (non-hydrogen) atoms. The molecular weight excluding hydrogens is 709 g/mol. The molecule has 0 radical (unpaired) electrons. The molecule has 0 fully saturated rings. The van der Waals surface area contributed by atoms with Crippen molar-refractivity contribution in [1.29, 1.82) is 0 Å². The Morgan fingerprint density at radius 2 is 1.00 bits per heavy atom. The number of carbonyl (C=O) groups is 4. The first-order valence-electron chi connectivity index (χ1n) is 19.1. The summed E-state index contributed by atoms with van der Waals surface area (Å²) in [5, 5.41) is 6.11. The molecule has 4 aromatic rings. The zero-order valence-electron chi connectivity index (χ0n) is 33.7. The van der Waals surface area contributed by atoms with E-state index in [0.29, 0.717) is 61.8 Å². The fourth-order valence-electron chi connectivity index (χ4n) is 7.08. The van der Waals surface area contributed by atoms with Crippen LogP contribution < -0.4 is 10.6 Å². The monoisotopic (exact) mass is 760 g/mol. The first kappa shape index (κ1) is 40.2. The van der Waals surface area contributed by atoms with Gasteiger partial charge in [0, 0.05) is 61.8 Å². The maximum absolute atomic E-state index is 13.5. The Bertz CT molecular complexity index is 2020. The number of rotatable bonds is 9. The van der Waals surface area contributed by atoms with Crippen LogP contribution in [0.15, 0.2) is 60.7 Å². The summed E-state index contributed by atoms with van der Waals surface area (Å²) in [6.45, 7) is 17.9. The molecule has 2 N–H and O–H groups in total. The van der Waals surface area contributed by atoms with Gasteiger partial charge in [0.15, 0.2) is 0 Å². The number of pyridine rings is 2. The van der Waals surface area contributed by atoms with Gasteiger partial charge in [-0.15, -0.1) is 0 Å². The molecule has 2 amide bonds. The van der Waals surface area contributed by atoms with Gasteiger partial charge in [0.25, 0.3) is 11.8 Å². The van der Waals surface area contributed by atoms with Crippen molar-refractivity contribution in [1.82, 2.24) is 19.8 Å². The van der Waals surface area contributed by atoms with Gasteiger partial charge in [-0.3, -0.25) is 29.0 Å². The first-order valence-corrected chi connectivity index (χ1v) is 19.1. The van der Waals surface area contributed by atoms with Gasteiger partial charge in [-0.1, -0.05) is 36.4 Å². The van der Waals surface area contributed by atoms with Gasteiger partial charge in [0.05, 0.1) is 13.1 Å². The summed E-state index contributed by atoms with van der Waals surface area (Å²) >= 11 is 0. The van der Waals surface area contributed by atoms with E-state index in [1.165, 1.54) is 0 Å². The molecule has 12 nitrogen and oxygen atoms in total. The Labute approximate surface area is 329 Å². The summed E-state index contributed by atoms with van der Waals surface area (Å²) in [6.07, 6.45) is 1.25. The molecule has 2 aromatic heterocycles. The van der Waals surface area contributed by atoms with E-state index in [4.69, 9.17) is 19.4 Å². The van der Waals surface area contributed by atoms with Gasteiger partial charge >= 0.3 is 11.9 Å². The van der Waals surface area contributed by atoms with Crippen LogP contribution in [0, 0.1) is 13.8 Å². The molecule has 0 saturated heterocycles. The SMILES string of the molecule is Cc1c(NC(=O)c2ccc3c(n2)CCN(CC(=O)OC(C)(C)C)C3)cccc1-c1cccc(NC(=O)c2ccc3c(n2)CCN(CC(=O)OC(C)(C)C)C3)c1C. The number of nitrogens with one attached hydrogen (secondary N) is 2. The second-order valence-corrected chi connectivity index (χ2v) is 16.6. The summed E-state index contributed by atoms with van der Waals surface area (Å²) in [6, 6.07) is 18.8. The molecule has 4 heterocycles. The lowest BCUT2D eigenvalue weighted by atomic mass is 9.94. The second kappa shape index (κ2) is 16.3. The summed E-state index contributed by atoms with van der Waals surface area (Å²) in [4.78, 5) is 65.2. The molecule has 0 bridgehead atoms. The van der Waals surface area contributed by atoms with Gasteiger partial charge in [-0.25, -0.2) is 9.97 Å². The van der Waals surface area contributed by atoms with Crippen LogP contribution in [0.2, 0.25) is 0 Å². The normalized spacial score (nSPS) is 14.6. The number of hydrogen-bond donors (Lipinski definition) is 2. The van der Waals surface area contributed by atoms with Gasteiger partial charge in [0.1, 0.15) is 22.6 Å². The standard InChI is InChI=1S/C44H52N6O6/c1-27-31(11-9-13-33(27)47-41(53)37-17-15-29-23-49(21-19-35(29)45-37)25-39(51)55-43(3,4)5)32-12-10-14-34(28(32)2)48-42(54)38-18-16-30-24-50(22-20-36(30)46-38)26-40(52)56-44(6,7)8/h9-18H,19-26H2,1-8H3,(H,47,53)(H,48,54). The van der Waals surface area contributed by atoms with Crippen molar-refractivity contribution in [2.45, 2.75) is 92.5 Å². The van der Waals surface area contributed by atoms with Crippen LogP contribution >= 0.6 is 0 Å². The maximum atomic E-state index is 13.5. The summed E-state index contributed by atoms with van der Waals surface area (Å²) < 4.78 is 11.0. The van der Waals surface area contributed by atoms with E-state index in [9.17, 15) is 19.2 Å². The van der Waals surface area contributed by atoms with Crippen molar-refractivity contribution < 1.29 is 28.7 Å². The molecule has 2 aliphatic rings. The highest BCUT2D eigenvalue weighted by Crippen LogP contribution is 2.34. The molecule has 0 spiro atoms. The van der Waals surface area contributed by atoms with Crippen molar-refractivity contribution >= 4 is 35.1 Å². The van der Waals surface area contributed by atoms with Gasteiger partial charge in [-0.05, 0) is 113 Å². The quantitative estimate of drug-likeness (QED) is 0.178. The highest BCUT2D eigenvalue weighted by molar-refractivity contribution is 6.05. The molecular formula is C44H52N6O6. The molecule has 2 aromatic carbocycles. The van der Waals surface area contributed by atoms with E-state index >= 15 is 0 Å². The molecule has 12 heteroatoms. The Hall–Kier alpha value is -5.46. The average Bonchev–Trinajstić information content (AvgIpc) is 3.11. The van der Waals surface area contributed by atoms with Crippen molar-refractivity contribution in [3.63, 3.8) is 0 Å². The number of fused-ring (bicyclic) bond motifs is 2. The van der Waals surface area contributed by atoms with Crippen molar-refractivity contribution in [2.75, 3.05) is 36.8 Å². The number of esters is 2. The molecule has 0 aliphatic carbocycles. The lowest BCUT2D eigenvalue weighted by Gasteiger charge is -2.29. The van der Waals surface area contributed by atoms with E-state index in [1.54, 1.807) is 12.1 Å². The van der Waals surface area contributed by atoms with Crippen molar-refractivity contribution in [3.8, 4) is 11.1 Å². The Morgan fingerprint density at radius 1 is 0.607 bits per heavy atom. The zero-order valence-corrected chi connectivity index (χ0v) is 33.7. The van der Waals surface area contributed by atoms with E-state index in [-0.39, 0.29) is 36.8 Å². The molecule has 2 aliphatic heterocycles. The lowest BCUT2D eigenvalue weighted by Crippen LogP contribution is -2.38. The number of carbonyl (C=O) groups excluding carboxylic acids is 4. The Balaban J connectivity index is 1.10. The van der Waals surface area contributed by atoms with Crippen LogP contribution in [0.5, 0.6) is 0 Å². The van der Waals surface area contributed by atoms with E-state index in [2.05, 4.69) is 10.6 Å². The van der Waals surface area contributed by atoms with Crippen LogP contribution in [0.25, 0.3) is 11.1 Å². The van der Waals surface area contributed by atoms with Crippen molar-refractivity contribution in [2.24, 2.45) is 0 Å². The number of nitrogens with zero attached hydrogens (tertiary/aromatic N) is 4. The zero-order chi connectivity index (χ0) is 40.4. The Kier molecular flexibility index (Phi) is 11.7. The minimum Gasteiger partial charge on any atom is -0.459 e. The van der Waals surface area contributed by atoms with E-state index in [1.807, 2.05) is 114 Å². The number of hydrogen-bond acceptors (Lipinski definition) is 10. The highest BCUT2D eigenvalue weighted by atomic mass is 16.6. The number of amides is 2. The van der Waals surface area contributed by atoms with Gasteiger partial charge in [0.2, 0.25) is 0 Å². The second-order valence-electron chi connectivity index (χ2n) is 16.6. The number of benzene rings is 2. The molecule has 0 saturated carbocycles. The maximum Gasteiger partial charge on any atom is 0.320 e. The Morgan fingerprint density at radius 3 is 1.38 bits per heavy atom. The van der Waals surface area contributed by atoms with Crippen LogP contribution in [-0.4, -0.2) is 80.9 Å². The highest BCUT2D eigenvalue weighted by Gasteiger charge is 2.26. The molecule has 294 valence electrons. The average molecular weight is 761 g/mol. The third kappa shape index (κ3) is 10.0. The summed E-state index contributed by atoms with van der Waals surface area (Å²) in [5.41, 5.74) is 8.17. The largest absolute Gasteiger partial charge is 0.459 e. The number of ether oxygens (including phenoxy) is 2. The third-order valence-electron chi connectivity index (χ3n) is 9.72. The molecule has 0 atom stereocenters. The summed E-state index contributed by atoms with van der Waals surface area (Å²) in [5.74, 6) is -1.14. The van der Waals surface area contributed by atoms with Gasteiger partial charge < -0.3 is 20.1 Å². The minimum atomic E-state index is -0.534.